The largest absolute Gasteiger partial charge is 0.478 e. The van der Waals surface area contributed by atoms with Gasteiger partial charge in [-0.1, -0.05) is 93.0 Å². The summed E-state index contributed by atoms with van der Waals surface area (Å²) in [5, 5.41) is 12.3. The molecule has 5 rings (SSSR count). The molecule has 0 bridgehead atoms. The van der Waals surface area contributed by atoms with Crippen LogP contribution in [-0.4, -0.2) is 37.1 Å². The maximum absolute atomic E-state index is 16.0. The first-order valence-electron chi connectivity index (χ1n) is 15.1. The minimum atomic E-state index is -2.78. The standard InChI is InChI=1S/C37H36ClFO5Si/c1-37(2,3)45(28-10-6-4-7-11-28,29-12-8-5-9-13-29)44-27-20-16-24(17-21-27)34(40)31-23-22-30(36(42)43)32(33(31)39)35(41)25-14-18-26(38)19-15-25/h4-15,18-19,22-24,27H,16-17,20-21H2,1-3H3,(H,42,43)/t24-,27-. The van der Waals surface area contributed by atoms with Crippen LogP contribution in [0.3, 0.4) is 0 Å². The SMILES string of the molecule is CC(C)(C)[Si](O[C@H]1CC[C@H](C(=O)c2ccc(C(=O)O)c(C(=O)c3ccc(Cl)cc3)c2F)CC1)(c1ccccc1)c1ccccc1. The van der Waals surface area contributed by atoms with Gasteiger partial charge in [0.15, 0.2) is 11.6 Å². The van der Waals surface area contributed by atoms with E-state index in [0.717, 1.165) is 6.07 Å². The van der Waals surface area contributed by atoms with Crippen LogP contribution < -0.4 is 10.4 Å². The van der Waals surface area contributed by atoms with Crippen LogP contribution in [0.25, 0.3) is 0 Å². The van der Waals surface area contributed by atoms with E-state index in [1.54, 1.807) is 0 Å². The molecule has 1 aliphatic rings. The number of hydrogen-bond donors (Lipinski definition) is 1. The third kappa shape index (κ3) is 6.43. The molecule has 4 aromatic rings. The number of benzene rings is 4. The van der Waals surface area contributed by atoms with Crippen molar-refractivity contribution in [3.05, 3.63) is 130 Å². The Balaban J connectivity index is 1.40. The summed E-state index contributed by atoms with van der Waals surface area (Å²) in [6, 6.07) is 28.8. The lowest BCUT2D eigenvalue weighted by atomic mass is 9.81. The first-order valence-corrected chi connectivity index (χ1v) is 17.4. The molecule has 0 aliphatic heterocycles. The third-order valence-electron chi connectivity index (χ3n) is 8.78. The summed E-state index contributed by atoms with van der Waals surface area (Å²) < 4.78 is 23.2. The van der Waals surface area contributed by atoms with E-state index in [-0.39, 0.29) is 22.3 Å². The first kappa shape index (κ1) is 32.5. The average molecular weight is 643 g/mol. The topological polar surface area (TPSA) is 80.7 Å². The highest BCUT2D eigenvalue weighted by atomic mass is 35.5. The van der Waals surface area contributed by atoms with E-state index in [2.05, 4.69) is 45.0 Å². The quantitative estimate of drug-likeness (QED) is 0.149. The molecule has 0 atom stereocenters. The van der Waals surface area contributed by atoms with Gasteiger partial charge in [0.1, 0.15) is 5.82 Å². The minimum absolute atomic E-state index is 0.0754. The monoisotopic (exact) mass is 642 g/mol. The summed E-state index contributed by atoms with van der Waals surface area (Å²) in [5.41, 5.74) is -1.31. The lowest BCUT2D eigenvalue weighted by Gasteiger charge is -2.46. The number of rotatable bonds is 9. The van der Waals surface area contributed by atoms with Gasteiger partial charge in [-0.2, -0.15) is 0 Å². The van der Waals surface area contributed by atoms with Gasteiger partial charge in [0.25, 0.3) is 8.32 Å². The van der Waals surface area contributed by atoms with Crippen LogP contribution in [0.15, 0.2) is 97.1 Å². The second kappa shape index (κ2) is 13.2. The predicted octanol–water partition coefficient (Wildman–Crippen LogP) is 7.73. The second-order valence-corrected chi connectivity index (χ2v) is 17.3. The maximum Gasteiger partial charge on any atom is 0.336 e. The molecule has 0 spiro atoms. The molecule has 232 valence electrons. The Morgan fingerprint density at radius 1 is 0.778 bits per heavy atom. The summed E-state index contributed by atoms with van der Waals surface area (Å²) in [5.74, 6) is -4.29. The highest BCUT2D eigenvalue weighted by Gasteiger charge is 2.51. The van der Waals surface area contributed by atoms with Gasteiger partial charge in [-0.05, 0) is 77.5 Å². The Morgan fingerprint density at radius 3 is 1.78 bits per heavy atom. The fourth-order valence-corrected chi connectivity index (χ4v) is 11.4. The van der Waals surface area contributed by atoms with Crippen LogP contribution >= 0.6 is 11.6 Å². The van der Waals surface area contributed by atoms with Gasteiger partial charge in [-0.25, -0.2) is 9.18 Å². The number of hydrogen-bond acceptors (Lipinski definition) is 4. The van der Waals surface area contributed by atoms with Crippen molar-refractivity contribution in [2.45, 2.75) is 57.6 Å². The Morgan fingerprint density at radius 2 is 1.29 bits per heavy atom. The molecule has 0 unspecified atom stereocenters. The number of carbonyl (C=O) groups excluding carboxylic acids is 2. The normalized spacial score (nSPS) is 17.1. The fourth-order valence-electron chi connectivity index (χ4n) is 6.52. The molecule has 1 aliphatic carbocycles. The van der Waals surface area contributed by atoms with Crippen LogP contribution in [0.5, 0.6) is 0 Å². The van der Waals surface area contributed by atoms with E-state index in [1.165, 1.54) is 40.7 Å². The number of aromatic carboxylic acids is 1. The van der Waals surface area contributed by atoms with Gasteiger partial charge in [-0.3, -0.25) is 9.59 Å². The van der Waals surface area contributed by atoms with Crippen molar-refractivity contribution < 1.29 is 28.3 Å². The molecule has 0 saturated heterocycles. The molecule has 1 fully saturated rings. The summed E-state index contributed by atoms with van der Waals surface area (Å²) in [4.78, 5) is 38.9. The number of carbonyl (C=O) groups is 3. The molecule has 0 amide bonds. The molecular weight excluding hydrogens is 607 g/mol. The highest BCUT2D eigenvalue weighted by molar-refractivity contribution is 6.99. The van der Waals surface area contributed by atoms with E-state index in [4.69, 9.17) is 16.0 Å². The molecule has 0 aromatic heterocycles. The van der Waals surface area contributed by atoms with Crippen LogP contribution in [0.2, 0.25) is 10.1 Å². The summed E-state index contributed by atoms with van der Waals surface area (Å²) in [6.07, 6.45) is 2.12. The number of carboxylic acid groups (broad SMARTS) is 1. The molecule has 0 heterocycles. The van der Waals surface area contributed by atoms with Gasteiger partial charge in [0.05, 0.1) is 16.7 Å². The molecule has 0 radical (unpaired) electrons. The van der Waals surface area contributed by atoms with Crippen molar-refractivity contribution in [1.29, 1.82) is 0 Å². The lowest BCUT2D eigenvalue weighted by Crippen LogP contribution is -2.67. The lowest BCUT2D eigenvalue weighted by molar-refractivity contribution is 0.0689. The number of carboxylic acids is 1. The minimum Gasteiger partial charge on any atom is -0.478 e. The van der Waals surface area contributed by atoms with Crippen molar-refractivity contribution in [1.82, 2.24) is 0 Å². The summed E-state index contributed by atoms with van der Waals surface area (Å²) in [6.45, 7) is 6.67. The number of ketones is 2. The number of halogens is 2. The van der Waals surface area contributed by atoms with E-state index in [0.29, 0.717) is 30.7 Å². The van der Waals surface area contributed by atoms with Gasteiger partial charge >= 0.3 is 5.97 Å². The van der Waals surface area contributed by atoms with Crippen LogP contribution in [0.4, 0.5) is 4.39 Å². The fraction of sp³-hybridized carbons (Fsp3) is 0.270. The van der Waals surface area contributed by atoms with Crippen LogP contribution in [-0.2, 0) is 4.43 Å². The zero-order valence-corrected chi connectivity index (χ0v) is 27.3. The Hall–Kier alpha value is -3.91. The van der Waals surface area contributed by atoms with Gasteiger partial charge in [-0.15, -0.1) is 0 Å². The van der Waals surface area contributed by atoms with E-state index >= 15 is 4.39 Å². The Kier molecular flexibility index (Phi) is 9.54. The molecule has 5 nitrogen and oxygen atoms in total. The predicted molar refractivity (Wildman–Crippen MR) is 177 cm³/mol. The van der Waals surface area contributed by atoms with Crippen molar-refractivity contribution in [3.63, 3.8) is 0 Å². The molecule has 45 heavy (non-hydrogen) atoms. The molecule has 4 aromatic carbocycles. The average Bonchev–Trinajstić information content (AvgIpc) is 3.03. The van der Waals surface area contributed by atoms with Crippen molar-refractivity contribution >= 4 is 47.8 Å². The zero-order valence-electron chi connectivity index (χ0n) is 25.6. The summed E-state index contributed by atoms with van der Waals surface area (Å²) >= 11 is 5.93. The molecular formula is C37H36ClFO5Si. The van der Waals surface area contributed by atoms with Gasteiger partial charge in [0, 0.05) is 22.6 Å². The van der Waals surface area contributed by atoms with E-state index < -0.39 is 48.7 Å². The van der Waals surface area contributed by atoms with Crippen LogP contribution in [0, 0.1) is 11.7 Å². The van der Waals surface area contributed by atoms with E-state index in [1.807, 2.05) is 36.4 Å². The summed E-state index contributed by atoms with van der Waals surface area (Å²) in [7, 11) is -2.78. The molecule has 1 N–H and O–H groups in total. The Labute approximate surface area is 269 Å². The Bertz CT molecular complexity index is 1650. The van der Waals surface area contributed by atoms with Crippen molar-refractivity contribution in [2.24, 2.45) is 5.92 Å². The zero-order chi connectivity index (χ0) is 32.4. The number of Topliss-reactive ketones (excluding diaryl/α,β-unsaturated/α-hetero) is 1. The van der Waals surface area contributed by atoms with Gasteiger partial charge < -0.3 is 9.53 Å². The maximum atomic E-state index is 16.0. The highest BCUT2D eigenvalue weighted by Crippen LogP contribution is 2.40. The second-order valence-electron chi connectivity index (χ2n) is 12.6. The third-order valence-corrected chi connectivity index (χ3v) is 14.1. The molecule has 8 heteroatoms. The smallest absolute Gasteiger partial charge is 0.336 e. The van der Waals surface area contributed by atoms with Gasteiger partial charge in [0.2, 0.25) is 0 Å². The molecule has 1 saturated carbocycles. The van der Waals surface area contributed by atoms with E-state index in [9.17, 15) is 19.5 Å². The first-order chi connectivity index (χ1) is 21.4. The van der Waals surface area contributed by atoms with Crippen LogP contribution in [0.1, 0.15) is 83.1 Å². The van der Waals surface area contributed by atoms with Crippen molar-refractivity contribution in [2.75, 3.05) is 0 Å². The van der Waals surface area contributed by atoms with Crippen molar-refractivity contribution in [3.8, 4) is 0 Å².